The van der Waals surface area contributed by atoms with Crippen LogP contribution >= 0.6 is 8.53 Å². The predicted octanol–water partition coefficient (Wildman–Crippen LogP) is 4.23. The summed E-state index contributed by atoms with van der Waals surface area (Å²) in [6.07, 6.45) is 4.41. The average Bonchev–Trinajstić information content (AvgIpc) is 3.07. The number of hydrogen-bond donors (Lipinski definition) is 2. The Morgan fingerprint density at radius 3 is 1.68 bits per heavy atom. The van der Waals surface area contributed by atoms with Crippen LogP contribution in [0.4, 0.5) is 0 Å². The van der Waals surface area contributed by atoms with Crippen LogP contribution in [0.2, 0.25) is 0 Å². The highest BCUT2D eigenvalue weighted by atomic mass is 31.2. The van der Waals surface area contributed by atoms with Crippen molar-refractivity contribution in [3.05, 3.63) is 71.8 Å². The van der Waals surface area contributed by atoms with Gasteiger partial charge in [0, 0.05) is 6.04 Å². The number of hydrogen-bond acceptors (Lipinski definition) is 3. The monoisotopic (exact) mass is 315 g/mol. The van der Waals surface area contributed by atoms with Gasteiger partial charge in [0.15, 0.2) is 0 Å². The van der Waals surface area contributed by atoms with Gasteiger partial charge in [-0.1, -0.05) is 73.5 Å². The van der Waals surface area contributed by atoms with E-state index in [4.69, 9.17) is 0 Å². The van der Waals surface area contributed by atoms with Crippen LogP contribution in [0.15, 0.2) is 60.7 Å². The summed E-state index contributed by atoms with van der Waals surface area (Å²) in [6, 6.07) is 20.4. The maximum absolute atomic E-state index is 10.1. The molecule has 116 valence electrons. The Labute approximate surface area is 133 Å². The number of nitrogens with zero attached hydrogens (tertiary/aromatic N) is 1. The molecule has 0 amide bonds. The summed E-state index contributed by atoms with van der Waals surface area (Å²) in [4.78, 5) is 20.2. The second kappa shape index (κ2) is 7.34. The Hall–Kier alpha value is -1.25. The van der Waals surface area contributed by atoms with Gasteiger partial charge in [0.1, 0.15) is 0 Å². The molecular formula is C18H22NO2P. The van der Waals surface area contributed by atoms with Crippen molar-refractivity contribution in [2.75, 3.05) is 0 Å². The van der Waals surface area contributed by atoms with E-state index in [2.05, 4.69) is 24.3 Å². The zero-order chi connectivity index (χ0) is 15.4. The van der Waals surface area contributed by atoms with Crippen molar-refractivity contribution in [1.29, 1.82) is 0 Å². The Morgan fingerprint density at radius 1 is 0.818 bits per heavy atom. The summed E-state index contributed by atoms with van der Waals surface area (Å²) >= 11 is 0. The molecule has 1 saturated carbocycles. The van der Waals surface area contributed by atoms with Crippen molar-refractivity contribution in [2.45, 2.75) is 37.8 Å². The van der Waals surface area contributed by atoms with Crippen molar-refractivity contribution in [2.24, 2.45) is 0 Å². The molecule has 0 aliphatic heterocycles. The fourth-order valence-corrected chi connectivity index (χ4v) is 4.39. The van der Waals surface area contributed by atoms with Gasteiger partial charge in [0.25, 0.3) is 8.53 Å². The predicted molar refractivity (Wildman–Crippen MR) is 90.2 cm³/mol. The lowest BCUT2D eigenvalue weighted by Gasteiger charge is -2.37. The Morgan fingerprint density at radius 2 is 1.27 bits per heavy atom. The molecule has 0 heterocycles. The molecule has 1 aliphatic rings. The molecular weight excluding hydrogens is 293 g/mol. The molecule has 0 radical (unpaired) electrons. The molecule has 0 atom stereocenters. The van der Waals surface area contributed by atoms with Gasteiger partial charge in [-0.25, -0.2) is 4.67 Å². The first-order chi connectivity index (χ1) is 10.8. The van der Waals surface area contributed by atoms with Gasteiger partial charge in [-0.3, -0.25) is 0 Å². The van der Waals surface area contributed by atoms with Crippen LogP contribution < -0.4 is 0 Å². The topological polar surface area (TPSA) is 43.7 Å². The minimum atomic E-state index is -2.13. The highest BCUT2D eigenvalue weighted by Crippen LogP contribution is 2.47. The maximum atomic E-state index is 10.1. The van der Waals surface area contributed by atoms with Crippen LogP contribution in [-0.2, 0) is 0 Å². The third-order valence-electron chi connectivity index (χ3n) is 4.40. The highest BCUT2D eigenvalue weighted by molar-refractivity contribution is 7.42. The smallest absolute Gasteiger partial charge is 0.254 e. The lowest BCUT2D eigenvalue weighted by atomic mass is 9.97. The van der Waals surface area contributed by atoms with E-state index in [0.717, 1.165) is 24.0 Å². The normalized spacial score (nSPS) is 16.0. The maximum Gasteiger partial charge on any atom is 0.254 e. The fourth-order valence-electron chi connectivity index (χ4n) is 3.40. The van der Waals surface area contributed by atoms with Crippen LogP contribution in [0.3, 0.4) is 0 Å². The van der Waals surface area contributed by atoms with E-state index >= 15 is 0 Å². The molecule has 0 aromatic heterocycles. The van der Waals surface area contributed by atoms with Crippen molar-refractivity contribution in [3.63, 3.8) is 0 Å². The second-order valence-corrected chi connectivity index (χ2v) is 6.81. The van der Waals surface area contributed by atoms with Gasteiger partial charge in [-0.05, 0) is 24.0 Å². The molecule has 3 rings (SSSR count). The van der Waals surface area contributed by atoms with Crippen molar-refractivity contribution < 1.29 is 9.79 Å². The van der Waals surface area contributed by atoms with Crippen LogP contribution in [-0.4, -0.2) is 20.5 Å². The third kappa shape index (κ3) is 3.39. The SMILES string of the molecule is OP(O)N(C1CCCC1)C(c1ccccc1)c1ccccc1. The zero-order valence-electron chi connectivity index (χ0n) is 12.5. The van der Waals surface area contributed by atoms with Crippen LogP contribution in [0, 0.1) is 0 Å². The lowest BCUT2D eigenvalue weighted by molar-refractivity contribution is 0.240. The van der Waals surface area contributed by atoms with Crippen LogP contribution in [0.1, 0.15) is 42.9 Å². The molecule has 2 N–H and O–H groups in total. The Kier molecular flexibility index (Phi) is 5.22. The standard InChI is InChI=1S/C18H22NO2P/c20-22(21)19(17-13-7-8-14-17)18(15-9-3-1-4-10-15)16-11-5-2-6-12-16/h1-6,9-12,17-18,20-21H,7-8,13-14H2. The van der Waals surface area contributed by atoms with E-state index in [1.807, 2.05) is 41.1 Å². The molecule has 0 unspecified atom stereocenters. The molecule has 2 aromatic rings. The first-order valence-corrected chi connectivity index (χ1v) is 9.03. The molecule has 0 spiro atoms. The van der Waals surface area contributed by atoms with Gasteiger partial charge < -0.3 is 9.79 Å². The van der Waals surface area contributed by atoms with Gasteiger partial charge in [-0.15, -0.1) is 0 Å². The first kappa shape index (κ1) is 15.6. The summed E-state index contributed by atoms with van der Waals surface area (Å²) in [7, 11) is -2.13. The van der Waals surface area contributed by atoms with Crippen LogP contribution in [0.5, 0.6) is 0 Å². The van der Waals surface area contributed by atoms with E-state index in [0.29, 0.717) is 0 Å². The van der Waals surface area contributed by atoms with E-state index in [-0.39, 0.29) is 12.1 Å². The van der Waals surface area contributed by atoms with Gasteiger partial charge in [0.2, 0.25) is 0 Å². The molecule has 0 bridgehead atoms. The summed E-state index contributed by atoms with van der Waals surface area (Å²) in [5.74, 6) is 0. The second-order valence-electron chi connectivity index (χ2n) is 5.81. The van der Waals surface area contributed by atoms with E-state index < -0.39 is 8.53 Å². The molecule has 4 heteroatoms. The average molecular weight is 315 g/mol. The van der Waals surface area contributed by atoms with E-state index in [9.17, 15) is 9.79 Å². The zero-order valence-corrected chi connectivity index (χ0v) is 13.4. The number of benzene rings is 2. The highest BCUT2D eigenvalue weighted by Gasteiger charge is 2.35. The van der Waals surface area contributed by atoms with Gasteiger partial charge in [-0.2, -0.15) is 0 Å². The Balaban J connectivity index is 2.03. The minimum Gasteiger partial charge on any atom is -0.338 e. The lowest BCUT2D eigenvalue weighted by Crippen LogP contribution is -2.33. The van der Waals surface area contributed by atoms with Crippen LogP contribution in [0.25, 0.3) is 0 Å². The summed E-state index contributed by atoms with van der Waals surface area (Å²) < 4.78 is 1.92. The first-order valence-electron chi connectivity index (χ1n) is 7.83. The largest absolute Gasteiger partial charge is 0.338 e. The quantitative estimate of drug-likeness (QED) is 0.811. The van der Waals surface area contributed by atoms with E-state index in [1.165, 1.54) is 12.8 Å². The summed E-state index contributed by atoms with van der Waals surface area (Å²) in [6.45, 7) is 0. The van der Waals surface area contributed by atoms with Crippen molar-refractivity contribution >= 4 is 8.53 Å². The number of rotatable bonds is 5. The summed E-state index contributed by atoms with van der Waals surface area (Å²) in [5.41, 5.74) is 2.22. The van der Waals surface area contributed by atoms with Gasteiger partial charge in [0.05, 0.1) is 6.04 Å². The van der Waals surface area contributed by atoms with Crippen molar-refractivity contribution in [3.8, 4) is 0 Å². The molecule has 2 aromatic carbocycles. The van der Waals surface area contributed by atoms with Crippen molar-refractivity contribution in [1.82, 2.24) is 4.67 Å². The molecule has 3 nitrogen and oxygen atoms in total. The molecule has 1 fully saturated rings. The van der Waals surface area contributed by atoms with Gasteiger partial charge >= 0.3 is 0 Å². The van der Waals surface area contributed by atoms with E-state index in [1.54, 1.807) is 0 Å². The molecule has 22 heavy (non-hydrogen) atoms. The minimum absolute atomic E-state index is 0.105. The Bertz CT molecular complexity index is 531. The third-order valence-corrected chi connectivity index (χ3v) is 5.37. The molecule has 1 aliphatic carbocycles. The summed E-state index contributed by atoms with van der Waals surface area (Å²) in [5, 5.41) is 0. The molecule has 0 saturated heterocycles. The fraction of sp³-hybridized carbons (Fsp3) is 0.333.